The molecule has 1 aliphatic heterocycles. The molecule has 0 saturated heterocycles. The number of rotatable bonds is 8. The standard InChI is InChI=1S/C31H37N3O4S/c1-8-37-28(35)26-21(6)32-22(7)31(29(36)38-9-2,27(26)23-13-11-10-12-14-23)34-30-33-24(17-39-30)25-19(4)15-18(3)16-20(25)5/h10-17,22,27,32H,8-9H2,1-7H3,(H,33,34). The fraction of sp³-hybridized carbons (Fsp3) is 0.387. The second-order valence-electron chi connectivity index (χ2n) is 9.99. The minimum absolute atomic E-state index is 0.193. The van der Waals surface area contributed by atoms with Gasteiger partial charge in [0.1, 0.15) is 0 Å². The molecule has 0 radical (unpaired) electrons. The Morgan fingerprint density at radius 2 is 1.67 bits per heavy atom. The van der Waals surface area contributed by atoms with Crippen LogP contribution in [0.4, 0.5) is 5.13 Å². The normalized spacial score (nSPS) is 20.8. The number of carbonyl (C=O) groups excluding carboxylic acids is 2. The number of aryl methyl sites for hydroxylation is 3. The molecule has 3 unspecified atom stereocenters. The van der Waals surface area contributed by atoms with Crippen LogP contribution < -0.4 is 10.6 Å². The number of benzene rings is 2. The van der Waals surface area contributed by atoms with Crippen LogP contribution in [0.25, 0.3) is 11.3 Å². The van der Waals surface area contributed by atoms with Gasteiger partial charge >= 0.3 is 11.9 Å². The van der Waals surface area contributed by atoms with Gasteiger partial charge in [0.15, 0.2) is 10.7 Å². The fourth-order valence-electron chi connectivity index (χ4n) is 5.75. The van der Waals surface area contributed by atoms with Crippen LogP contribution in [0.3, 0.4) is 0 Å². The van der Waals surface area contributed by atoms with Crippen LogP contribution in [-0.4, -0.2) is 41.7 Å². The number of nitrogens with one attached hydrogen (secondary N) is 2. The molecule has 0 amide bonds. The second kappa shape index (κ2) is 11.6. The number of carbonyl (C=O) groups is 2. The van der Waals surface area contributed by atoms with Crippen LogP contribution in [0.5, 0.6) is 0 Å². The summed E-state index contributed by atoms with van der Waals surface area (Å²) < 4.78 is 11.2. The van der Waals surface area contributed by atoms with Gasteiger partial charge in [0.25, 0.3) is 0 Å². The molecule has 3 aromatic rings. The number of hydrogen-bond donors (Lipinski definition) is 2. The molecule has 3 atom stereocenters. The maximum Gasteiger partial charge on any atom is 0.336 e. The van der Waals surface area contributed by atoms with Crippen molar-refractivity contribution in [3.05, 3.63) is 81.4 Å². The zero-order chi connectivity index (χ0) is 28.3. The van der Waals surface area contributed by atoms with Gasteiger partial charge in [-0.05, 0) is 65.2 Å². The molecule has 2 N–H and O–H groups in total. The smallest absolute Gasteiger partial charge is 0.336 e. The lowest BCUT2D eigenvalue weighted by molar-refractivity contribution is -0.151. The molecule has 0 bridgehead atoms. The highest BCUT2D eigenvalue weighted by Gasteiger charge is 2.58. The highest BCUT2D eigenvalue weighted by molar-refractivity contribution is 7.14. The third-order valence-corrected chi connectivity index (χ3v) is 8.01. The summed E-state index contributed by atoms with van der Waals surface area (Å²) in [6, 6.07) is 13.4. The van der Waals surface area contributed by atoms with E-state index < -0.39 is 29.4 Å². The average Bonchev–Trinajstić information content (AvgIpc) is 3.33. The van der Waals surface area contributed by atoms with Crippen molar-refractivity contribution in [3.8, 4) is 11.3 Å². The molecule has 1 aliphatic rings. The predicted molar refractivity (Wildman–Crippen MR) is 156 cm³/mol. The quantitative estimate of drug-likeness (QED) is 0.331. The van der Waals surface area contributed by atoms with Gasteiger partial charge in [0.2, 0.25) is 0 Å². The Kier molecular flexibility index (Phi) is 8.45. The summed E-state index contributed by atoms with van der Waals surface area (Å²) in [6.07, 6.45) is 0. The predicted octanol–water partition coefficient (Wildman–Crippen LogP) is 6.06. The number of hydrogen-bond acceptors (Lipinski definition) is 8. The summed E-state index contributed by atoms with van der Waals surface area (Å²) in [5.41, 5.74) is 5.87. The summed E-state index contributed by atoms with van der Waals surface area (Å²) in [5.74, 6) is -1.62. The monoisotopic (exact) mass is 547 g/mol. The van der Waals surface area contributed by atoms with Gasteiger partial charge < -0.3 is 20.1 Å². The summed E-state index contributed by atoms with van der Waals surface area (Å²) in [4.78, 5) is 32.4. The van der Waals surface area contributed by atoms with E-state index in [9.17, 15) is 9.59 Å². The van der Waals surface area contributed by atoms with E-state index in [0.29, 0.717) is 16.4 Å². The lowest BCUT2D eigenvalue weighted by Crippen LogP contribution is -2.66. The fourth-order valence-corrected chi connectivity index (χ4v) is 6.52. The first-order valence-corrected chi connectivity index (χ1v) is 14.2. The van der Waals surface area contributed by atoms with Gasteiger partial charge in [-0.25, -0.2) is 14.6 Å². The summed E-state index contributed by atoms with van der Waals surface area (Å²) in [5, 5.41) is 9.43. The van der Waals surface area contributed by atoms with Crippen molar-refractivity contribution in [3.63, 3.8) is 0 Å². The van der Waals surface area contributed by atoms with Crippen molar-refractivity contribution in [1.82, 2.24) is 10.3 Å². The largest absolute Gasteiger partial charge is 0.464 e. The first kappa shape index (κ1) is 28.4. The molecule has 0 spiro atoms. The molecule has 2 heterocycles. The van der Waals surface area contributed by atoms with E-state index in [2.05, 4.69) is 43.5 Å². The average molecular weight is 548 g/mol. The molecule has 4 rings (SSSR count). The van der Waals surface area contributed by atoms with Crippen molar-refractivity contribution in [2.24, 2.45) is 0 Å². The molecule has 8 heteroatoms. The van der Waals surface area contributed by atoms with Gasteiger partial charge in [0, 0.05) is 16.6 Å². The number of esters is 2. The lowest BCUT2D eigenvalue weighted by Gasteiger charge is -2.48. The molecule has 7 nitrogen and oxygen atoms in total. The summed E-state index contributed by atoms with van der Waals surface area (Å²) >= 11 is 1.42. The lowest BCUT2D eigenvalue weighted by atomic mass is 9.68. The molecular formula is C31H37N3O4S. The number of allylic oxidation sites excluding steroid dienone is 1. The Hall–Kier alpha value is -3.65. The topological polar surface area (TPSA) is 89.5 Å². The molecule has 0 aliphatic carbocycles. The van der Waals surface area contributed by atoms with E-state index >= 15 is 0 Å². The highest BCUT2D eigenvalue weighted by Crippen LogP contribution is 2.46. The van der Waals surface area contributed by atoms with E-state index in [1.807, 2.05) is 49.6 Å². The minimum atomic E-state index is -1.38. The van der Waals surface area contributed by atoms with Crippen LogP contribution in [-0.2, 0) is 19.1 Å². The second-order valence-corrected chi connectivity index (χ2v) is 10.9. The van der Waals surface area contributed by atoms with Crippen LogP contribution in [0.2, 0.25) is 0 Å². The van der Waals surface area contributed by atoms with Gasteiger partial charge in [0.05, 0.1) is 36.4 Å². The third-order valence-electron chi connectivity index (χ3n) is 7.26. The van der Waals surface area contributed by atoms with Crippen LogP contribution in [0.15, 0.2) is 59.1 Å². The number of aromatic nitrogens is 1. The van der Waals surface area contributed by atoms with Crippen molar-refractivity contribution in [2.75, 3.05) is 18.5 Å². The number of nitrogens with zero attached hydrogens (tertiary/aromatic N) is 1. The van der Waals surface area contributed by atoms with Crippen molar-refractivity contribution in [2.45, 2.75) is 66.0 Å². The minimum Gasteiger partial charge on any atom is -0.464 e. The molecular weight excluding hydrogens is 510 g/mol. The molecule has 1 aromatic heterocycles. The molecule has 0 saturated carbocycles. The van der Waals surface area contributed by atoms with Gasteiger partial charge in [-0.1, -0.05) is 48.0 Å². The van der Waals surface area contributed by atoms with Crippen LogP contribution in [0, 0.1) is 20.8 Å². The zero-order valence-electron chi connectivity index (χ0n) is 23.7. The molecule has 0 fully saturated rings. The third kappa shape index (κ3) is 5.30. The van der Waals surface area contributed by atoms with E-state index in [-0.39, 0.29) is 13.2 Å². The number of thiazole rings is 1. The Bertz CT molecular complexity index is 1370. The van der Waals surface area contributed by atoms with E-state index in [0.717, 1.165) is 27.9 Å². The Balaban J connectivity index is 1.90. The Morgan fingerprint density at radius 1 is 1.03 bits per heavy atom. The molecule has 39 heavy (non-hydrogen) atoms. The number of ether oxygens (including phenoxy) is 2. The maximum atomic E-state index is 14.1. The summed E-state index contributed by atoms with van der Waals surface area (Å²) in [7, 11) is 0. The first-order chi connectivity index (χ1) is 18.6. The Morgan fingerprint density at radius 3 is 2.28 bits per heavy atom. The Labute approximate surface area is 234 Å². The van der Waals surface area contributed by atoms with Crippen molar-refractivity contribution in [1.29, 1.82) is 0 Å². The molecule has 2 aromatic carbocycles. The zero-order valence-corrected chi connectivity index (χ0v) is 24.5. The highest BCUT2D eigenvalue weighted by atomic mass is 32.1. The van der Waals surface area contributed by atoms with E-state index in [1.165, 1.54) is 16.9 Å². The van der Waals surface area contributed by atoms with Crippen LogP contribution >= 0.6 is 11.3 Å². The van der Waals surface area contributed by atoms with E-state index in [1.54, 1.807) is 13.8 Å². The molecule has 206 valence electrons. The van der Waals surface area contributed by atoms with Gasteiger partial charge in [-0.3, -0.25) is 0 Å². The van der Waals surface area contributed by atoms with Crippen LogP contribution in [0.1, 0.15) is 55.9 Å². The van der Waals surface area contributed by atoms with Gasteiger partial charge in [-0.2, -0.15) is 0 Å². The van der Waals surface area contributed by atoms with Gasteiger partial charge in [-0.15, -0.1) is 11.3 Å². The summed E-state index contributed by atoms with van der Waals surface area (Å²) in [6.45, 7) is 14.0. The van der Waals surface area contributed by atoms with E-state index in [4.69, 9.17) is 14.5 Å². The van der Waals surface area contributed by atoms with Crippen molar-refractivity contribution < 1.29 is 19.1 Å². The first-order valence-electron chi connectivity index (χ1n) is 13.3. The SMILES string of the molecule is CCOC(=O)C1=C(C)NC(C)C(Nc2nc(-c3c(C)cc(C)cc3C)cs2)(C(=O)OCC)C1c1ccccc1. The maximum absolute atomic E-state index is 14.1. The number of anilines is 1. The van der Waals surface area contributed by atoms with Crippen molar-refractivity contribution >= 4 is 28.4 Å².